The van der Waals surface area contributed by atoms with Crippen molar-refractivity contribution in [2.24, 2.45) is 0 Å². The van der Waals surface area contributed by atoms with E-state index < -0.39 is 11.2 Å². The van der Waals surface area contributed by atoms with Crippen LogP contribution in [0.2, 0.25) is 0 Å². The van der Waals surface area contributed by atoms with Crippen LogP contribution < -0.4 is 21.3 Å². The van der Waals surface area contributed by atoms with Crippen molar-refractivity contribution in [1.29, 1.82) is 0 Å². The van der Waals surface area contributed by atoms with Crippen LogP contribution in [0.5, 0.6) is 0 Å². The summed E-state index contributed by atoms with van der Waals surface area (Å²) < 4.78 is 7.13. The molecule has 2 heterocycles. The van der Waals surface area contributed by atoms with Gasteiger partial charge in [-0.05, 0) is 13.8 Å². The van der Waals surface area contributed by atoms with Crippen LogP contribution in [0.3, 0.4) is 0 Å². The molecule has 0 bridgehead atoms. The van der Waals surface area contributed by atoms with Gasteiger partial charge in [-0.2, -0.15) is 9.35 Å². The molecule has 0 aliphatic rings. The average Bonchev–Trinajstić information content (AvgIpc) is 3.10. The Morgan fingerprint density at radius 1 is 1.04 bits per heavy atom. The number of aldehydes is 2. The molecule has 136 valence electrons. The van der Waals surface area contributed by atoms with Gasteiger partial charge in [0.2, 0.25) is 5.65 Å². The van der Waals surface area contributed by atoms with Gasteiger partial charge < -0.3 is 24.1 Å². The summed E-state index contributed by atoms with van der Waals surface area (Å²) in [5.74, 6) is 0. The van der Waals surface area contributed by atoms with Crippen molar-refractivity contribution in [3.63, 3.8) is 0 Å². The van der Waals surface area contributed by atoms with E-state index in [-0.39, 0.29) is 30.4 Å². The van der Waals surface area contributed by atoms with Crippen molar-refractivity contribution >= 4 is 23.6 Å². The number of hydrogen-bond donors (Lipinski definition) is 0. The third kappa shape index (κ3) is 3.47. The predicted octanol–water partition coefficient (Wildman–Crippen LogP) is -0.755. The lowest BCUT2D eigenvalue weighted by molar-refractivity contribution is -0.108. The molecule has 0 amide bonds. The third-order valence-corrected chi connectivity index (χ3v) is 3.84. The largest absolute Gasteiger partial charge is 0.370 e. The molecule has 10 heteroatoms. The lowest BCUT2D eigenvalue weighted by Crippen LogP contribution is -2.56. The Labute approximate surface area is 143 Å². The fraction of sp³-hybridized carbons (Fsp3) is 0.533. The van der Waals surface area contributed by atoms with Crippen molar-refractivity contribution in [2.75, 3.05) is 36.2 Å². The number of fused-ring (bicyclic) bond motifs is 1. The van der Waals surface area contributed by atoms with Gasteiger partial charge in [0, 0.05) is 39.0 Å². The SMILES string of the molecule is CCN(CCC=O)n1c(=O)c2conc2n(N(CC)CCC=O)c1=O. The first-order valence-electron chi connectivity index (χ1n) is 8.10. The van der Waals surface area contributed by atoms with Crippen LogP contribution in [0, 0.1) is 0 Å². The Kier molecular flexibility index (Phi) is 6.09. The molecule has 2 aromatic heterocycles. The number of aromatic nitrogens is 3. The summed E-state index contributed by atoms with van der Waals surface area (Å²) in [5, 5.41) is 7.03. The lowest BCUT2D eigenvalue weighted by atomic mass is 10.4. The quantitative estimate of drug-likeness (QED) is 0.514. The molecule has 0 aliphatic heterocycles. The Hall–Kier alpha value is -2.91. The second kappa shape index (κ2) is 8.27. The first-order chi connectivity index (χ1) is 12.1. The molecule has 0 aliphatic carbocycles. The zero-order chi connectivity index (χ0) is 18.4. The standard InChI is InChI=1S/C15H21N5O5/c1-3-17(7-5-9-21)19-13-12(11-25-16-13)14(23)20(15(19)24)18(4-2)8-6-10-22/h9-11H,3-8H2,1-2H3. The maximum Gasteiger partial charge on any atom is 0.370 e. The molecule has 0 spiro atoms. The molecule has 0 aromatic carbocycles. The van der Waals surface area contributed by atoms with Crippen molar-refractivity contribution in [3.05, 3.63) is 27.1 Å². The van der Waals surface area contributed by atoms with Crippen LogP contribution in [0.15, 0.2) is 20.4 Å². The average molecular weight is 351 g/mol. The van der Waals surface area contributed by atoms with E-state index in [0.717, 1.165) is 17.2 Å². The zero-order valence-electron chi connectivity index (χ0n) is 14.3. The fourth-order valence-corrected chi connectivity index (χ4v) is 2.62. The van der Waals surface area contributed by atoms with Gasteiger partial charge in [0.25, 0.3) is 5.56 Å². The molecule has 0 N–H and O–H groups in total. The monoisotopic (exact) mass is 351 g/mol. The Bertz CT molecular complexity index is 852. The van der Waals surface area contributed by atoms with Gasteiger partial charge in [0.05, 0.1) is 0 Å². The minimum Gasteiger partial charge on any atom is -0.362 e. The molecule has 25 heavy (non-hydrogen) atoms. The maximum atomic E-state index is 13.0. The molecular weight excluding hydrogens is 330 g/mol. The van der Waals surface area contributed by atoms with Gasteiger partial charge in [-0.25, -0.2) is 4.79 Å². The molecule has 0 unspecified atom stereocenters. The highest BCUT2D eigenvalue weighted by Crippen LogP contribution is 2.06. The van der Waals surface area contributed by atoms with E-state index in [9.17, 15) is 19.2 Å². The Morgan fingerprint density at radius 3 is 2.12 bits per heavy atom. The zero-order valence-corrected chi connectivity index (χ0v) is 14.3. The van der Waals surface area contributed by atoms with Crippen molar-refractivity contribution < 1.29 is 14.1 Å². The molecular formula is C15H21N5O5. The van der Waals surface area contributed by atoms with Crippen LogP contribution in [-0.4, -0.2) is 53.3 Å². The smallest absolute Gasteiger partial charge is 0.362 e. The van der Waals surface area contributed by atoms with E-state index in [1.165, 1.54) is 15.9 Å². The second-order valence-corrected chi connectivity index (χ2v) is 5.27. The molecule has 0 fully saturated rings. The molecule has 2 rings (SSSR count). The minimum absolute atomic E-state index is 0.102. The van der Waals surface area contributed by atoms with E-state index in [1.807, 2.05) is 6.92 Å². The van der Waals surface area contributed by atoms with Gasteiger partial charge in [0.1, 0.15) is 24.2 Å². The van der Waals surface area contributed by atoms with E-state index in [1.54, 1.807) is 11.9 Å². The molecule has 0 saturated heterocycles. The summed E-state index contributed by atoms with van der Waals surface area (Å²) in [4.78, 5) is 47.1. The van der Waals surface area contributed by atoms with E-state index in [4.69, 9.17) is 4.52 Å². The Balaban J connectivity index is 2.71. The first kappa shape index (κ1) is 18.4. The summed E-state index contributed by atoms with van der Waals surface area (Å²) in [6.45, 7) is 4.91. The number of carbonyl (C=O) groups is 2. The van der Waals surface area contributed by atoms with Gasteiger partial charge in [-0.15, -0.1) is 0 Å². The highest BCUT2D eigenvalue weighted by atomic mass is 16.5. The van der Waals surface area contributed by atoms with Crippen molar-refractivity contribution in [2.45, 2.75) is 26.7 Å². The predicted molar refractivity (Wildman–Crippen MR) is 91.1 cm³/mol. The van der Waals surface area contributed by atoms with Crippen LogP contribution in [-0.2, 0) is 9.59 Å². The van der Waals surface area contributed by atoms with Gasteiger partial charge in [0.15, 0.2) is 0 Å². The summed E-state index contributed by atoms with van der Waals surface area (Å²) in [5.41, 5.74) is -1.07. The second-order valence-electron chi connectivity index (χ2n) is 5.27. The molecule has 10 nitrogen and oxygen atoms in total. The van der Waals surface area contributed by atoms with Crippen LogP contribution in [0.1, 0.15) is 26.7 Å². The Morgan fingerprint density at radius 2 is 1.60 bits per heavy atom. The number of nitrogens with zero attached hydrogens (tertiary/aromatic N) is 5. The van der Waals surface area contributed by atoms with Gasteiger partial charge >= 0.3 is 5.69 Å². The van der Waals surface area contributed by atoms with Crippen LogP contribution in [0.4, 0.5) is 0 Å². The maximum absolute atomic E-state index is 13.0. The van der Waals surface area contributed by atoms with Gasteiger partial charge in [-0.1, -0.05) is 5.16 Å². The molecule has 0 radical (unpaired) electrons. The first-order valence-corrected chi connectivity index (χ1v) is 8.10. The van der Waals surface area contributed by atoms with E-state index >= 15 is 0 Å². The molecule has 2 aromatic rings. The normalized spacial score (nSPS) is 10.8. The van der Waals surface area contributed by atoms with Crippen LogP contribution >= 0.6 is 0 Å². The van der Waals surface area contributed by atoms with E-state index in [2.05, 4.69) is 5.16 Å². The third-order valence-electron chi connectivity index (χ3n) is 3.84. The van der Waals surface area contributed by atoms with Crippen molar-refractivity contribution in [3.8, 4) is 0 Å². The number of rotatable bonds is 10. The molecule has 0 atom stereocenters. The lowest BCUT2D eigenvalue weighted by Gasteiger charge is -2.28. The minimum atomic E-state index is -0.619. The summed E-state index contributed by atoms with van der Waals surface area (Å²) in [7, 11) is 0. The van der Waals surface area contributed by atoms with E-state index in [0.29, 0.717) is 19.6 Å². The highest BCUT2D eigenvalue weighted by molar-refractivity contribution is 5.72. The van der Waals surface area contributed by atoms with Gasteiger partial charge in [-0.3, -0.25) is 4.79 Å². The number of hydrogen-bond acceptors (Lipinski definition) is 8. The van der Waals surface area contributed by atoms with Crippen LogP contribution in [0.25, 0.3) is 11.0 Å². The molecule has 0 saturated carbocycles. The summed E-state index contributed by atoms with van der Waals surface area (Å²) in [6, 6.07) is 0. The number of carbonyl (C=O) groups excluding carboxylic acids is 2. The topological polar surface area (TPSA) is 111 Å². The summed E-state index contributed by atoms with van der Waals surface area (Å²) in [6.07, 6.45) is 3.08. The fourth-order valence-electron chi connectivity index (χ4n) is 2.62. The van der Waals surface area contributed by atoms with Crippen molar-refractivity contribution in [1.82, 2.24) is 14.5 Å². The highest BCUT2D eigenvalue weighted by Gasteiger charge is 2.22. The summed E-state index contributed by atoms with van der Waals surface area (Å²) >= 11 is 0.